The molecule has 0 amide bonds. The Bertz CT molecular complexity index is 1270. The van der Waals surface area contributed by atoms with E-state index in [9.17, 15) is 0 Å². The van der Waals surface area contributed by atoms with E-state index in [2.05, 4.69) is 90.5 Å². The fourth-order valence-corrected chi connectivity index (χ4v) is 8.32. The van der Waals surface area contributed by atoms with Crippen LogP contribution in [0.5, 0.6) is 0 Å². The Balaban J connectivity index is 1.32. The molecule has 0 saturated heterocycles. The van der Waals surface area contributed by atoms with Gasteiger partial charge in [0.25, 0.3) is 0 Å². The van der Waals surface area contributed by atoms with Crippen LogP contribution >= 0.6 is 0 Å². The second-order valence-corrected chi connectivity index (χ2v) is 16.9. The first-order chi connectivity index (χ1) is 27.3. The van der Waals surface area contributed by atoms with E-state index in [1.165, 1.54) is 241 Å². The third-order valence-electron chi connectivity index (χ3n) is 12.0. The zero-order chi connectivity index (χ0) is 38.7. The summed E-state index contributed by atoms with van der Waals surface area (Å²) in [5, 5.41) is 1.21. The number of fused-ring (bicyclic) bond motifs is 1. The average molecular weight is 751 g/mol. The maximum atomic E-state index is 4.53. The van der Waals surface area contributed by atoms with Gasteiger partial charge in [-0.15, -0.1) is 0 Å². The van der Waals surface area contributed by atoms with Crippen molar-refractivity contribution in [2.45, 2.75) is 219 Å². The van der Waals surface area contributed by atoms with Crippen molar-refractivity contribution in [1.82, 2.24) is 4.98 Å². The number of rotatable bonds is 37. The average Bonchev–Trinajstić information content (AvgIpc) is 3.22. The van der Waals surface area contributed by atoms with Crippen molar-refractivity contribution in [2.24, 2.45) is 0 Å². The first kappa shape index (κ1) is 46.8. The summed E-state index contributed by atoms with van der Waals surface area (Å²) in [6.45, 7) is 7.00. The van der Waals surface area contributed by atoms with Crippen LogP contribution in [-0.2, 0) is 0 Å². The molecule has 1 aromatic heterocycles. The molecular weight excluding hydrogens is 665 g/mol. The lowest BCUT2D eigenvalue weighted by Gasteiger charge is -2.25. The zero-order valence-electron chi connectivity index (χ0n) is 36.4. The second-order valence-electron chi connectivity index (χ2n) is 16.9. The van der Waals surface area contributed by atoms with E-state index >= 15 is 0 Å². The molecule has 2 aromatic carbocycles. The van der Waals surface area contributed by atoms with Crippen LogP contribution in [0, 0.1) is 0 Å². The third-order valence-corrected chi connectivity index (χ3v) is 12.0. The first-order valence-electron chi connectivity index (χ1n) is 24.2. The van der Waals surface area contributed by atoms with Gasteiger partial charge in [0.1, 0.15) is 0 Å². The molecule has 308 valence electrons. The second kappa shape index (κ2) is 33.5. The molecule has 0 atom stereocenters. The van der Waals surface area contributed by atoms with Gasteiger partial charge in [-0.2, -0.15) is 0 Å². The van der Waals surface area contributed by atoms with E-state index in [0.717, 1.165) is 5.52 Å². The summed E-state index contributed by atoms with van der Waals surface area (Å²) in [6.07, 6.45) is 52.1. The molecule has 0 N–H and O–H groups in total. The molecule has 0 spiro atoms. The monoisotopic (exact) mass is 751 g/mol. The molecular formula is C53H86N2. The number of hydrogen-bond acceptors (Lipinski definition) is 2. The third kappa shape index (κ3) is 23.3. The molecule has 2 heteroatoms. The normalized spacial score (nSPS) is 11.7. The standard InChI is InChI=1S/C53H86N2/c1-3-5-7-9-11-13-15-17-19-21-23-25-27-29-31-35-47-55(48-36-32-30-28-26-24-22-20-18-16-14-12-10-8-6-4-2)51-43-40-49(41-44-51)39-42-50-45-46-54-53-38-34-33-37-52(50)53/h33-34,37-46H,3-32,35-36,47-48H2,1-2H3. The van der Waals surface area contributed by atoms with Crippen LogP contribution in [-0.4, -0.2) is 18.1 Å². The minimum atomic E-state index is 1.05. The molecule has 1 heterocycles. The summed E-state index contributed by atoms with van der Waals surface area (Å²) in [6, 6.07) is 19.9. The lowest BCUT2D eigenvalue weighted by atomic mass is 10.0. The van der Waals surface area contributed by atoms with Crippen LogP contribution in [0.15, 0.2) is 60.8 Å². The van der Waals surface area contributed by atoms with Gasteiger partial charge in [-0.05, 0) is 48.2 Å². The smallest absolute Gasteiger partial charge is 0.0707 e. The number of anilines is 1. The lowest BCUT2D eigenvalue weighted by molar-refractivity contribution is 0.524. The molecule has 0 radical (unpaired) electrons. The van der Waals surface area contributed by atoms with Crippen molar-refractivity contribution < 1.29 is 0 Å². The summed E-state index contributed by atoms with van der Waals surface area (Å²) >= 11 is 0. The summed E-state index contributed by atoms with van der Waals surface area (Å²) in [5.41, 5.74) is 4.94. The summed E-state index contributed by atoms with van der Waals surface area (Å²) < 4.78 is 0. The quantitative estimate of drug-likeness (QED) is 0.0546. The molecule has 0 unspecified atom stereocenters. The van der Waals surface area contributed by atoms with Crippen molar-refractivity contribution in [1.29, 1.82) is 0 Å². The van der Waals surface area contributed by atoms with Gasteiger partial charge in [-0.25, -0.2) is 0 Å². The topological polar surface area (TPSA) is 16.1 Å². The van der Waals surface area contributed by atoms with Crippen molar-refractivity contribution in [3.05, 3.63) is 71.9 Å². The van der Waals surface area contributed by atoms with Gasteiger partial charge in [-0.3, -0.25) is 4.98 Å². The number of para-hydroxylation sites is 1. The SMILES string of the molecule is CCCCCCCCCCCCCCCCCCN(CCCCCCCCCCCCCCCCCC)c1ccc(C=Cc2ccnc3ccccc23)cc1. The van der Waals surface area contributed by atoms with Crippen LogP contribution in [0.1, 0.15) is 230 Å². The predicted molar refractivity (Wildman–Crippen MR) is 248 cm³/mol. The fourth-order valence-electron chi connectivity index (χ4n) is 8.32. The van der Waals surface area contributed by atoms with E-state index in [4.69, 9.17) is 0 Å². The number of unbranched alkanes of at least 4 members (excludes halogenated alkanes) is 30. The number of benzene rings is 2. The molecule has 0 aliphatic heterocycles. The Morgan fingerprint density at radius 2 is 0.782 bits per heavy atom. The van der Waals surface area contributed by atoms with Crippen LogP contribution < -0.4 is 4.90 Å². The van der Waals surface area contributed by atoms with E-state index in [-0.39, 0.29) is 0 Å². The number of aromatic nitrogens is 1. The van der Waals surface area contributed by atoms with Crippen molar-refractivity contribution in [3.8, 4) is 0 Å². The summed E-state index contributed by atoms with van der Waals surface area (Å²) in [4.78, 5) is 7.22. The van der Waals surface area contributed by atoms with Gasteiger partial charge < -0.3 is 4.90 Å². The van der Waals surface area contributed by atoms with Crippen LogP contribution in [0.25, 0.3) is 23.1 Å². The van der Waals surface area contributed by atoms with Crippen LogP contribution in [0.3, 0.4) is 0 Å². The Kier molecular flexibility index (Phi) is 28.5. The molecule has 3 rings (SSSR count). The lowest BCUT2D eigenvalue weighted by Crippen LogP contribution is -2.25. The first-order valence-corrected chi connectivity index (χ1v) is 24.2. The number of nitrogens with zero attached hydrogens (tertiary/aromatic N) is 2. The molecule has 0 bridgehead atoms. The minimum Gasteiger partial charge on any atom is -0.372 e. The Hall–Kier alpha value is -2.61. The fraction of sp³-hybridized carbons (Fsp3) is 0.679. The molecule has 2 nitrogen and oxygen atoms in total. The van der Waals surface area contributed by atoms with Gasteiger partial charge in [-0.1, -0.05) is 249 Å². The van der Waals surface area contributed by atoms with E-state index in [0.29, 0.717) is 0 Å². The number of hydrogen-bond donors (Lipinski definition) is 0. The van der Waals surface area contributed by atoms with Gasteiger partial charge in [0, 0.05) is 30.4 Å². The molecule has 0 fully saturated rings. The Morgan fingerprint density at radius 1 is 0.400 bits per heavy atom. The van der Waals surface area contributed by atoms with Gasteiger partial charge in [0.05, 0.1) is 5.52 Å². The van der Waals surface area contributed by atoms with Crippen molar-refractivity contribution >= 4 is 28.7 Å². The van der Waals surface area contributed by atoms with Crippen molar-refractivity contribution in [2.75, 3.05) is 18.0 Å². The van der Waals surface area contributed by atoms with Crippen LogP contribution in [0.2, 0.25) is 0 Å². The number of pyridine rings is 1. The van der Waals surface area contributed by atoms with Crippen LogP contribution in [0.4, 0.5) is 5.69 Å². The molecule has 55 heavy (non-hydrogen) atoms. The maximum absolute atomic E-state index is 4.53. The summed E-state index contributed by atoms with van der Waals surface area (Å²) in [5.74, 6) is 0. The predicted octanol–water partition coefficient (Wildman–Crippen LogP) is 17.7. The van der Waals surface area contributed by atoms with Gasteiger partial charge >= 0.3 is 0 Å². The summed E-state index contributed by atoms with van der Waals surface area (Å²) in [7, 11) is 0. The highest BCUT2D eigenvalue weighted by molar-refractivity contribution is 5.90. The Labute approximate surface area is 341 Å². The maximum Gasteiger partial charge on any atom is 0.0707 e. The Morgan fingerprint density at radius 3 is 1.20 bits per heavy atom. The highest BCUT2D eigenvalue weighted by atomic mass is 15.1. The van der Waals surface area contributed by atoms with E-state index in [1.807, 2.05) is 6.20 Å². The van der Waals surface area contributed by atoms with E-state index < -0.39 is 0 Å². The highest BCUT2D eigenvalue weighted by Gasteiger charge is 2.07. The highest BCUT2D eigenvalue weighted by Crippen LogP contribution is 2.23. The minimum absolute atomic E-state index is 1.05. The van der Waals surface area contributed by atoms with Gasteiger partial charge in [0.2, 0.25) is 0 Å². The largest absolute Gasteiger partial charge is 0.372 e. The molecule has 0 saturated carbocycles. The van der Waals surface area contributed by atoms with E-state index in [1.54, 1.807) is 0 Å². The zero-order valence-corrected chi connectivity index (χ0v) is 36.4. The molecule has 0 aliphatic carbocycles. The molecule has 0 aliphatic rings. The van der Waals surface area contributed by atoms with Gasteiger partial charge in [0.15, 0.2) is 0 Å². The molecule has 3 aromatic rings. The van der Waals surface area contributed by atoms with Crippen molar-refractivity contribution in [3.63, 3.8) is 0 Å².